The number of hydrogen-bond acceptors (Lipinski definition) is 5. The molecule has 0 unspecified atom stereocenters. The molecule has 1 aromatic heterocycles. The molecule has 2 amide bonds. The summed E-state index contributed by atoms with van der Waals surface area (Å²) in [5.74, 6) is 2.45. The van der Waals surface area contributed by atoms with Crippen molar-refractivity contribution < 1.29 is 4.79 Å². The Morgan fingerprint density at radius 3 is 2.62 bits per heavy atom. The van der Waals surface area contributed by atoms with E-state index in [1.807, 2.05) is 32.0 Å². The number of carbonyl (C=O) groups is 1. The maximum atomic E-state index is 12.5. The fourth-order valence-electron chi connectivity index (χ4n) is 2.88. The second kappa shape index (κ2) is 8.23. The van der Waals surface area contributed by atoms with Crippen molar-refractivity contribution in [2.75, 3.05) is 48.3 Å². The minimum absolute atomic E-state index is 0.134. The van der Waals surface area contributed by atoms with Crippen LogP contribution in [0.15, 0.2) is 30.3 Å². The molecule has 0 radical (unpaired) electrons. The lowest BCUT2D eigenvalue weighted by molar-refractivity contribution is 0.208. The summed E-state index contributed by atoms with van der Waals surface area (Å²) in [5.41, 5.74) is 0.628. The zero-order chi connectivity index (χ0) is 18.5. The molecule has 3 rings (SSSR count). The van der Waals surface area contributed by atoms with Crippen molar-refractivity contribution >= 4 is 35.0 Å². The normalized spacial score (nSPS) is 14.3. The van der Waals surface area contributed by atoms with Gasteiger partial charge in [-0.25, -0.2) is 14.8 Å². The maximum absolute atomic E-state index is 12.5. The molecule has 1 aromatic carbocycles. The van der Waals surface area contributed by atoms with Gasteiger partial charge in [-0.3, -0.25) is 0 Å². The van der Waals surface area contributed by atoms with Crippen LogP contribution in [0.3, 0.4) is 0 Å². The Hall–Kier alpha value is -2.54. The average Bonchev–Trinajstić information content (AvgIpc) is 2.63. The maximum Gasteiger partial charge on any atom is 0.322 e. The van der Waals surface area contributed by atoms with E-state index in [9.17, 15) is 4.79 Å². The molecule has 8 heteroatoms. The van der Waals surface area contributed by atoms with Crippen molar-refractivity contribution in [2.45, 2.75) is 13.8 Å². The molecule has 2 heterocycles. The summed E-state index contributed by atoms with van der Waals surface area (Å²) in [5, 5.41) is 6.63. The summed E-state index contributed by atoms with van der Waals surface area (Å²) in [6.45, 7) is 7.42. The van der Waals surface area contributed by atoms with Crippen LogP contribution in [0.25, 0.3) is 0 Å². The quantitative estimate of drug-likeness (QED) is 0.859. The molecule has 1 saturated heterocycles. The number of anilines is 3. The minimum atomic E-state index is -0.134. The van der Waals surface area contributed by atoms with Crippen molar-refractivity contribution in [2.24, 2.45) is 0 Å². The molecular formula is C18H23ClN6O. The predicted octanol–water partition coefficient (Wildman–Crippen LogP) is 3.22. The Balaban J connectivity index is 1.60. The number of rotatable bonds is 4. The van der Waals surface area contributed by atoms with Crippen molar-refractivity contribution in [1.29, 1.82) is 0 Å². The van der Waals surface area contributed by atoms with Gasteiger partial charge in [-0.05, 0) is 26.0 Å². The SMILES string of the molecule is CCNc1cc(N2CCN(C(=O)Nc3ccccc3Cl)CC2)nc(C)n1. The van der Waals surface area contributed by atoms with Crippen molar-refractivity contribution in [3.05, 3.63) is 41.2 Å². The number of carbonyl (C=O) groups excluding carboxylic acids is 1. The number of halogens is 1. The number of hydrogen-bond donors (Lipinski definition) is 2. The Morgan fingerprint density at radius 1 is 1.19 bits per heavy atom. The summed E-state index contributed by atoms with van der Waals surface area (Å²) in [7, 11) is 0. The van der Waals surface area contributed by atoms with E-state index >= 15 is 0 Å². The zero-order valence-corrected chi connectivity index (χ0v) is 15.8. The van der Waals surface area contributed by atoms with Gasteiger partial charge in [-0.1, -0.05) is 23.7 Å². The lowest BCUT2D eigenvalue weighted by Gasteiger charge is -2.35. The molecule has 1 aliphatic heterocycles. The van der Waals surface area contributed by atoms with E-state index in [-0.39, 0.29) is 6.03 Å². The lowest BCUT2D eigenvalue weighted by Crippen LogP contribution is -2.50. The van der Waals surface area contributed by atoms with Gasteiger partial charge in [-0.15, -0.1) is 0 Å². The third-order valence-corrected chi connectivity index (χ3v) is 4.52. The van der Waals surface area contributed by atoms with E-state index in [1.165, 1.54) is 0 Å². The van der Waals surface area contributed by atoms with E-state index in [0.29, 0.717) is 23.8 Å². The minimum Gasteiger partial charge on any atom is -0.370 e. The third kappa shape index (κ3) is 4.35. The van der Waals surface area contributed by atoms with Crippen LogP contribution < -0.4 is 15.5 Å². The molecule has 0 spiro atoms. The van der Waals surface area contributed by atoms with Gasteiger partial charge in [0.2, 0.25) is 0 Å². The van der Waals surface area contributed by atoms with Gasteiger partial charge >= 0.3 is 6.03 Å². The summed E-state index contributed by atoms with van der Waals surface area (Å²) in [6, 6.07) is 9.05. The van der Waals surface area contributed by atoms with Gasteiger partial charge in [0.1, 0.15) is 17.5 Å². The number of urea groups is 1. The van der Waals surface area contributed by atoms with Crippen LogP contribution in [0.1, 0.15) is 12.7 Å². The number of aromatic nitrogens is 2. The lowest BCUT2D eigenvalue weighted by atomic mass is 10.3. The van der Waals surface area contributed by atoms with Crippen LogP contribution in [0, 0.1) is 6.92 Å². The van der Waals surface area contributed by atoms with Crippen LogP contribution in [-0.2, 0) is 0 Å². The van der Waals surface area contributed by atoms with Crippen molar-refractivity contribution in [3.8, 4) is 0 Å². The third-order valence-electron chi connectivity index (χ3n) is 4.19. The summed E-state index contributed by atoms with van der Waals surface area (Å²) in [4.78, 5) is 25.3. The van der Waals surface area contributed by atoms with Crippen molar-refractivity contribution in [1.82, 2.24) is 14.9 Å². The Kier molecular flexibility index (Phi) is 5.78. The highest BCUT2D eigenvalue weighted by atomic mass is 35.5. The summed E-state index contributed by atoms with van der Waals surface area (Å²) >= 11 is 6.10. The van der Waals surface area contributed by atoms with Gasteiger partial charge in [0, 0.05) is 38.8 Å². The van der Waals surface area contributed by atoms with E-state index in [2.05, 4.69) is 25.5 Å². The number of para-hydroxylation sites is 1. The first kappa shape index (κ1) is 18.3. The molecule has 0 bridgehead atoms. The molecule has 0 saturated carbocycles. The highest BCUT2D eigenvalue weighted by Crippen LogP contribution is 2.22. The summed E-state index contributed by atoms with van der Waals surface area (Å²) < 4.78 is 0. The van der Waals surface area contributed by atoms with Crippen LogP contribution in [0.4, 0.5) is 22.1 Å². The number of nitrogens with zero attached hydrogens (tertiary/aromatic N) is 4. The molecule has 7 nitrogen and oxygen atoms in total. The molecular weight excluding hydrogens is 352 g/mol. The summed E-state index contributed by atoms with van der Waals surface area (Å²) in [6.07, 6.45) is 0. The first-order chi connectivity index (χ1) is 12.6. The molecule has 0 atom stereocenters. The van der Waals surface area contributed by atoms with Crippen LogP contribution in [-0.4, -0.2) is 53.6 Å². The zero-order valence-electron chi connectivity index (χ0n) is 15.0. The number of amides is 2. The van der Waals surface area contributed by atoms with E-state index in [1.54, 1.807) is 17.0 Å². The highest BCUT2D eigenvalue weighted by Gasteiger charge is 2.23. The second-order valence-corrected chi connectivity index (χ2v) is 6.48. The Bertz CT molecular complexity index is 776. The van der Waals surface area contributed by atoms with E-state index in [4.69, 9.17) is 11.6 Å². The first-order valence-electron chi connectivity index (χ1n) is 8.72. The van der Waals surface area contributed by atoms with E-state index < -0.39 is 0 Å². The predicted molar refractivity (Wildman–Crippen MR) is 105 cm³/mol. The average molecular weight is 375 g/mol. The number of benzene rings is 1. The second-order valence-electron chi connectivity index (χ2n) is 6.07. The molecule has 2 N–H and O–H groups in total. The Morgan fingerprint density at radius 2 is 1.92 bits per heavy atom. The van der Waals surface area contributed by atoms with Gasteiger partial charge in [0.15, 0.2) is 0 Å². The standard InChI is InChI=1S/C18H23ClN6O/c1-3-20-16-12-17(22-13(2)21-16)24-8-10-25(11-9-24)18(26)23-15-7-5-4-6-14(15)19/h4-7,12H,3,8-11H2,1-2H3,(H,23,26)(H,20,21,22). The molecule has 1 fully saturated rings. The van der Waals surface area contributed by atoms with E-state index in [0.717, 1.165) is 37.1 Å². The fourth-order valence-corrected chi connectivity index (χ4v) is 3.06. The highest BCUT2D eigenvalue weighted by molar-refractivity contribution is 6.33. The van der Waals surface area contributed by atoms with Crippen LogP contribution in [0.2, 0.25) is 5.02 Å². The fraction of sp³-hybridized carbons (Fsp3) is 0.389. The monoisotopic (exact) mass is 374 g/mol. The molecule has 26 heavy (non-hydrogen) atoms. The van der Waals surface area contributed by atoms with Crippen LogP contribution in [0.5, 0.6) is 0 Å². The Labute approximate surface area is 158 Å². The largest absolute Gasteiger partial charge is 0.370 e. The van der Waals surface area contributed by atoms with Gasteiger partial charge in [0.25, 0.3) is 0 Å². The number of nitrogens with one attached hydrogen (secondary N) is 2. The topological polar surface area (TPSA) is 73.4 Å². The molecule has 0 aliphatic carbocycles. The molecule has 138 valence electrons. The number of piperazine rings is 1. The smallest absolute Gasteiger partial charge is 0.322 e. The van der Waals surface area contributed by atoms with Crippen LogP contribution >= 0.6 is 11.6 Å². The van der Waals surface area contributed by atoms with Gasteiger partial charge in [0.05, 0.1) is 10.7 Å². The number of aryl methyl sites for hydroxylation is 1. The molecule has 1 aliphatic rings. The van der Waals surface area contributed by atoms with Gasteiger partial charge in [-0.2, -0.15) is 0 Å². The molecule has 2 aromatic rings. The van der Waals surface area contributed by atoms with Gasteiger partial charge < -0.3 is 20.4 Å². The van der Waals surface area contributed by atoms with Crippen molar-refractivity contribution in [3.63, 3.8) is 0 Å². The first-order valence-corrected chi connectivity index (χ1v) is 9.09.